The molecule has 1 nitrogen and oxygen atoms in total. The van der Waals surface area contributed by atoms with Gasteiger partial charge < -0.3 is 0 Å². The van der Waals surface area contributed by atoms with Crippen molar-refractivity contribution in [1.82, 2.24) is 0 Å². The van der Waals surface area contributed by atoms with Crippen LogP contribution in [0, 0.1) is 0 Å². The first-order valence-corrected chi connectivity index (χ1v) is 10.5. The van der Waals surface area contributed by atoms with Gasteiger partial charge in [0.25, 0.3) is 0 Å². The number of hydrogen-bond donors (Lipinski definition) is 0. The number of rotatable bonds is 10. The van der Waals surface area contributed by atoms with Crippen LogP contribution in [-0.4, -0.2) is 12.3 Å². The highest BCUT2D eigenvalue weighted by Crippen LogP contribution is 2.19. The Morgan fingerprint density at radius 1 is 0.929 bits per heavy atom. The van der Waals surface area contributed by atoms with Crippen molar-refractivity contribution in [1.29, 1.82) is 0 Å². The standard InChI is InChI=1S/C27H33N/c1-4-7-22-28-27(26-21-12-11-19-24(26)14-5-2)25(15-6-3)20-13-18-23-16-9-8-10-17-23/h6,8-13,15-21H,4-5,7,14,22H2,1-3H3/b15-6-,18-13+,25-20+,28-27?. The van der Waals surface area contributed by atoms with Crippen molar-refractivity contribution in [3.8, 4) is 0 Å². The number of aliphatic imine (C=N–C) groups is 1. The summed E-state index contributed by atoms with van der Waals surface area (Å²) in [6.45, 7) is 7.38. The molecule has 0 atom stereocenters. The Morgan fingerprint density at radius 3 is 2.39 bits per heavy atom. The predicted molar refractivity (Wildman–Crippen MR) is 125 cm³/mol. The molecule has 0 spiro atoms. The van der Waals surface area contributed by atoms with Gasteiger partial charge in [-0.2, -0.15) is 0 Å². The summed E-state index contributed by atoms with van der Waals surface area (Å²) < 4.78 is 0. The van der Waals surface area contributed by atoms with Crippen LogP contribution in [0.1, 0.15) is 56.7 Å². The summed E-state index contributed by atoms with van der Waals surface area (Å²) in [6, 6.07) is 19.1. The Labute approximate surface area is 171 Å². The molecule has 0 N–H and O–H groups in total. The van der Waals surface area contributed by atoms with E-state index in [0.717, 1.165) is 43.5 Å². The van der Waals surface area contributed by atoms with E-state index in [0.29, 0.717) is 0 Å². The van der Waals surface area contributed by atoms with E-state index in [1.165, 1.54) is 16.7 Å². The van der Waals surface area contributed by atoms with Crippen molar-refractivity contribution in [2.45, 2.75) is 46.5 Å². The highest BCUT2D eigenvalue weighted by molar-refractivity contribution is 6.15. The van der Waals surface area contributed by atoms with Crippen molar-refractivity contribution in [3.63, 3.8) is 0 Å². The molecule has 0 heterocycles. The highest BCUT2D eigenvalue weighted by atomic mass is 14.7. The Kier molecular flexibility index (Phi) is 9.79. The molecule has 1 heteroatoms. The smallest absolute Gasteiger partial charge is 0.0721 e. The van der Waals surface area contributed by atoms with E-state index in [4.69, 9.17) is 4.99 Å². The van der Waals surface area contributed by atoms with E-state index in [1.54, 1.807) is 0 Å². The quantitative estimate of drug-likeness (QED) is 0.234. The third kappa shape index (κ3) is 6.81. The molecule has 0 unspecified atom stereocenters. The van der Waals surface area contributed by atoms with Crippen LogP contribution in [0.3, 0.4) is 0 Å². The average molecular weight is 372 g/mol. The third-order valence-electron chi connectivity index (χ3n) is 4.56. The van der Waals surface area contributed by atoms with Gasteiger partial charge in [0.15, 0.2) is 0 Å². The summed E-state index contributed by atoms with van der Waals surface area (Å²) in [5.74, 6) is 0. The molecule has 2 rings (SSSR count). The first-order valence-electron chi connectivity index (χ1n) is 10.5. The van der Waals surface area contributed by atoms with Crippen molar-refractivity contribution in [2.75, 3.05) is 6.54 Å². The zero-order valence-corrected chi connectivity index (χ0v) is 17.6. The lowest BCUT2D eigenvalue weighted by molar-refractivity contribution is 0.808. The largest absolute Gasteiger partial charge is 0.284 e. The SMILES string of the molecule is C\C=C/C(=C\C=C\c1ccccc1)C(=NCCCC)c1ccccc1CCC. The number of aryl methyl sites for hydroxylation is 1. The lowest BCUT2D eigenvalue weighted by Crippen LogP contribution is -2.09. The first-order chi connectivity index (χ1) is 13.8. The summed E-state index contributed by atoms with van der Waals surface area (Å²) in [6.07, 6.45) is 15.2. The highest BCUT2D eigenvalue weighted by Gasteiger charge is 2.11. The van der Waals surface area contributed by atoms with Crippen molar-refractivity contribution >= 4 is 11.8 Å². The molecule has 28 heavy (non-hydrogen) atoms. The van der Waals surface area contributed by atoms with Gasteiger partial charge in [0.2, 0.25) is 0 Å². The van der Waals surface area contributed by atoms with Crippen molar-refractivity contribution in [2.24, 2.45) is 4.99 Å². The lowest BCUT2D eigenvalue weighted by atomic mass is 9.94. The summed E-state index contributed by atoms with van der Waals surface area (Å²) >= 11 is 0. The van der Waals surface area contributed by atoms with Gasteiger partial charge in [0, 0.05) is 12.1 Å². The molecule has 0 bridgehead atoms. The van der Waals surface area contributed by atoms with Crippen molar-refractivity contribution < 1.29 is 0 Å². The Bertz CT molecular complexity index is 822. The van der Waals surface area contributed by atoms with E-state index in [9.17, 15) is 0 Å². The maximum Gasteiger partial charge on any atom is 0.0721 e. The molecule has 0 saturated carbocycles. The fraction of sp³-hybridized carbons (Fsp3) is 0.296. The number of nitrogens with zero attached hydrogens (tertiary/aromatic N) is 1. The fourth-order valence-electron chi connectivity index (χ4n) is 3.14. The molecule has 2 aromatic carbocycles. The van der Waals surface area contributed by atoms with Gasteiger partial charge >= 0.3 is 0 Å². The van der Waals surface area contributed by atoms with Gasteiger partial charge in [0.1, 0.15) is 0 Å². The van der Waals surface area contributed by atoms with Crippen LogP contribution in [0.25, 0.3) is 6.08 Å². The molecule has 0 fully saturated rings. The van der Waals surface area contributed by atoms with E-state index in [-0.39, 0.29) is 0 Å². The molecule has 146 valence electrons. The zero-order chi connectivity index (χ0) is 20.0. The van der Waals surface area contributed by atoms with E-state index in [2.05, 4.69) is 99.7 Å². The Morgan fingerprint density at radius 2 is 1.68 bits per heavy atom. The summed E-state index contributed by atoms with van der Waals surface area (Å²) in [7, 11) is 0. The zero-order valence-electron chi connectivity index (χ0n) is 17.6. The topological polar surface area (TPSA) is 12.4 Å². The van der Waals surface area contributed by atoms with Crippen LogP contribution in [-0.2, 0) is 6.42 Å². The van der Waals surface area contributed by atoms with E-state index < -0.39 is 0 Å². The maximum atomic E-state index is 5.03. The molecule has 0 aliphatic carbocycles. The van der Waals surface area contributed by atoms with Gasteiger partial charge in [-0.25, -0.2) is 0 Å². The fourth-order valence-corrected chi connectivity index (χ4v) is 3.14. The molecule has 0 amide bonds. The monoisotopic (exact) mass is 371 g/mol. The molecule has 2 aromatic rings. The van der Waals surface area contributed by atoms with E-state index in [1.807, 2.05) is 6.07 Å². The second-order valence-electron chi connectivity index (χ2n) is 6.88. The molecule has 0 aliphatic rings. The van der Waals surface area contributed by atoms with Crippen LogP contribution < -0.4 is 0 Å². The predicted octanol–water partition coefficient (Wildman–Crippen LogP) is 7.44. The normalized spacial score (nSPS) is 13.0. The van der Waals surface area contributed by atoms with Crippen LogP contribution >= 0.6 is 0 Å². The van der Waals surface area contributed by atoms with Crippen LogP contribution in [0.4, 0.5) is 0 Å². The molecule has 0 aliphatic heterocycles. The van der Waals surface area contributed by atoms with E-state index >= 15 is 0 Å². The van der Waals surface area contributed by atoms with Crippen LogP contribution in [0.5, 0.6) is 0 Å². The second-order valence-corrected chi connectivity index (χ2v) is 6.88. The number of unbranched alkanes of at least 4 members (excludes halogenated alkanes) is 1. The second kappa shape index (κ2) is 12.7. The maximum absolute atomic E-state index is 5.03. The summed E-state index contributed by atoms with van der Waals surface area (Å²) in [5, 5.41) is 0. The third-order valence-corrected chi connectivity index (χ3v) is 4.56. The van der Waals surface area contributed by atoms with Crippen molar-refractivity contribution in [3.05, 3.63) is 101 Å². The van der Waals surface area contributed by atoms with Gasteiger partial charge in [-0.05, 0) is 36.5 Å². The van der Waals surface area contributed by atoms with Gasteiger partial charge in [-0.3, -0.25) is 4.99 Å². The Hall–Kier alpha value is -2.67. The average Bonchev–Trinajstić information content (AvgIpc) is 2.73. The summed E-state index contributed by atoms with van der Waals surface area (Å²) in [4.78, 5) is 5.03. The van der Waals surface area contributed by atoms with Gasteiger partial charge in [-0.1, -0.05) is 112 Å². The Balaban J connectivity index is 2.44. The van der Waals surface area contributed by atoms with Gasteiger partial charge in [0.05, 0.1) is 5.71 Å². The number of allylic oxidation sites excluding steroid dienone is 5. The molecule has 0 aromatic heterocycles. The minimum Gasteiger partial charge on any atom is -0.284 e. The number of benzene rings is 2. The first kappa shape index (κ1) is 21.6. The van der Waals surface area contributed by atoms with Crippen LogP contribution in [0.2, 0.25) is 0 Å². The lowest BCUT2D eigenvalue weighted by Gasteiger charge is -2.13. The summed E-state index contributed by atoms with van der Waals surface area (Å²) in [5.41, 5.74) is 6.11. The van der Waals surface area contributed by atoms with Crippen LogP contribution in [0.15, 0.2) is 89.5 Å². The molecule has 0 radical (unpaired) electrons. The molecular formula is C27H33N. The number of hydrogen-bond acceptors (Lipinski definition) is 1. The minimum atomic E-state index is 0.865. The minimum absolute atomic E-state index is 0.865. The molecule has 0 saturated heterocycles. The molecular weight excluding hydrogens is 338 g/mol. The van der Waals surface area contributed by atoms with Gasteiger partial charge in [-0.15, -0.1) is 0 Å².